The summed E-state index contributed by atoms with van der Waals surface area (Å²) in [5, 5.41) is 20.7. The van der Waals surface area contributed by atoms with E-state index < -0.39 is 23.5 Å². The Morgan fingerprint density at radius 2 is 0.853 bits per heavy atom. The summed E-state index contributed by atoms with van der Waals surface area (Å²) in [5.41, 5.74) is -1.81. The maximum atomic E-state index is 13.3. The van der Waals surface area contributed by atoms with Gasteiger partial charge in [0.15, 0.2) is 0 Å². The van der Waals surface area contributed by atoms with E-state index in [1.807, 2.05) is 0 Å². The molecule has 5 rings (SSSR count). The van der Waals surface area contributed by atoms with Gasteiger partial charge in [0.25, 0.3) is 0 Å². The van der Waals surface area contributed by atoms with Crippen LogP contribution in [-0.4, -0.2) is 0 Å². The Labute approximate surface area is 185 Å². The van der Waals surface area contributed by atoms with Crippen molar-refractivity contribution in [1.29, 1.82) is 10.5 Å². The highest BCUT2D eigenvalue weighted by Gasteiger charge is 2.32. The highest BCUT2D eigenvalue weighted by atomic mass is 19.4. The van der Waals surface area contributed by atoms with Crippen molar-refractivity contribution >= 4 is 43.1 Å². The van der Waals surface area contributed by atoms with Gasteiger partial charge in [0.1, 0.15) is 0 Å². The Morgan fingerprint density at radius 1 is 0.500 bits per heavy atom. The molecule has 0 atom stereocenters. The number of hydrogen-bond acceptors (Lipinski definition) is 4. The SMILES string of the molecule is N#CN=c1c2ccc(C(F)(F)F)cc2c2cc3c(=NC#N)c4ccc(C(F)(F)F)cc4c3cc12. The molecule has 0 heterocycles. The van der Waals surface area contributed by atoms with Gasteiger partial charge in [0.2, 0.25) is 12.4 Å². The number of fused-ring (bicyclic) bond motifs is 6. The minimum Gasteiger partial charge on any atom is -0.172 e. The van der Waals surface area contributed by atoms with E-state index in [1.54, 1.807) is 12.4 Å². The van der Waals surface area contributed by atoms with Crippen LogP contribution in [-0.2, 0) is 12.4 Å². The lowest BCUT2D eigenvalue weighted by molar-refractivity contribution is -0.138. The Balaban J connectivity index is 2.03. The van der Waals surface area contributed by atoms with E-state index in [4.69, 9.17) is 10.5 Å². The minimum absolute atomic E-state index is 0.114. The Bertz CT molecular complexity index is 1720. The van der Waals surface area contributed by atoms with Gasteiger partial charge in [0, 0.05) is 21.5 Å². The van der Waals surface area contributed by atoms with E-state index in [0.717, 1.165) is 24.3 Å². The maximum Gasteiger partial charge on any atom is 0.416 e. The van der Waals surface area contributed by atoms with Gasteiger partial charge in [0.05, 0.1) is 21.8 Å². The van der Waals surface area contributed by atoms with Crippen molar-refractivity contribution in [2.24, 2.45) is 9.98 Å². The van der Waals surface area contributed by atoms with E-state index in [2.05, 4.69) is 9.98 Å². The van der Waals surface area contributed by atoms with E-state index in [1.165, 1.54) is 24.3 Å². The normalized spacial score (nSPS) is 13.9. The number of nitriles is 2. The molecule has 0 saturated carbocycles. The van der Waals surface area contributed by atoms with Crippen molar-refractivity contribution < 1.29 is 26.3 Å². The molecule has 0 aliphatic carbocycles. The molecular weight excluding hydrogens is 458 g/mol. The second kappa shape index (κ2) is 7.03. The molecule has 0 saturated heterocycles. The molecule has 0 aliphatic heterocycles. The molecule has 10 heteroatoms. The summed E-state index contributed by atoms with van der Waals surface area (Å²) < 4.78 is 80.1. The first-order valence-electron chi connectivity index (χ1n) is 9.61. The van der Waals surface area contributed by atoms with Crippen molar-refractivity contribution in [3.63, 3.8) is 0 Å². The number of hydrogen-bond donors (Lipinski definition) is 0. The van der Waals surface area contributed by atoms with Gasteiger partial charge >= 0.3 is 12.4 Å². The van der Waals surface area contributed by atoms with Crippen LogP contribution in [0.1, 0.15) is 11.1 Å². The molecule has 4 nitrogen and oxygen atoms in total. The van der Waals surface area contributed by atoms with Gasteiger partial charge in [-0.2, -0.15) is 46.9 Å². The predicted octanol–water partition coefficient (Wildman–Crippen LogP) is 5.98. The predicted molar refractivity (Wildman–Crippen MR) is 111 cm³/mol. The third kappa shape index (κ3) is 3.07. The topological polar surface area (TPSA) is 72.3 Å². The number of benzene rings is 3. The molecule has 5 aromatic carbocycles. The number of halogens is 6. The first-order chi connectivity index (χ1) is 16.0. The summed E-state index contributed by atoms with van der Waals surface area (Å²) in [6.07, 6.45) is -5.96. The fourth-order valence-corrected chi connectivity index (χ4v) is 4.37. The average molecular weight is 466 g/mol. The molecule has 0 aromatic heterocycles. The molecule has 0 radical (unpaired) electrons. The first-order valence-corrected chi connectivity index (χ1v) is 9.61. The monoisotopic (exact) mass is 466 g/mol. The first kappa shape index (κ1) is 21.4. The zero-order chi connectivity index (χ0) is 24.4. The maximum absolute atomic E-state index is 13.3. The van der Waals surface area contributed by atoms with Crippen LogP contribution in [0.2, 0.25) is 0 Å². The van der Waals surface area contributed by atoms with Gasteiger partial charge < -0.3 is 0 Å². The van der Waals surface area contributed by atoms with Crippen LogP contribution in [0.25, 0.3) is 43.1 Å². The van der Waals surface area contributed by atoms with E-state index >= 15 is 0 Å². The van der Waals surface area contributed by atoms with E-state index in [9.17, 15) is 26.3 Å². The minimum atomic E-state index is -4.61. The molecule has 0 unspecified atom stereocenters. The van der Waals surface area contributed by atoms with Crippen LogP contribution < -0.4 is 10.7 Å². The molecule has 166 valence electrons. The molecule has 34 heavy (non-hydrogen) atoms. The van der Waals surface area contributed by atoms with Crippen LogP contribution in [0.4, 0.5) is 26.3 Å². The lowest BCUT2D eigenvalue weighted by Gasteiger charge is -2.06. The summed E-state index contributed by atoms with van der Waals surface area (Å²) in [5.74, 6) is 0. The van der Waals surface area contributed by atoms with E-state index in [0.29, 0.717) is 21.5 Å². The van der Waals surface area contributed by atoms with Gasteiger partial charge in [-0.1, -0.05) is 12.1 Å². The number of rotatable bonds is 0. The van der Waals surface area contributed by atoms with Crippen LogP contribution in [0.5, 0.6) is 0 Å². The summed E-state index contributed by atoms with van der Waals surface area (Å²) in [6, 6.07) is 8.99. The average Bonchev–Trinajstić information content (AvgIpc) is 3.24. The van der Waals surface area contributed by atoms with Crippen LogP contribution in [0, 0.1) is 22.9 Å². The molecule has 0 spiro atoms. The Morgan fingerprint density at radius 3 is 1.18 bits per heavy atom. The van der Waals surface area contributed by atoms with Crippen LogP contribution in [0.3, 0.4) is 0 Å². The highest BCUT2D eigenvalue weighted by Crippen LogP contribution is 2.37. The summed E-state index contributed by atoms with van der Waals surface area (Å²) >= 11 is 0. The smallest absolute Gasteiger partial charge is 0.172 e. The zero-order valence-electron chi connectivity index (χ0n) is 16.7. The van der Waals surface area contributed by atoms with Crippen molar-refractivity contribution in [2.45, 2.75) is 12.4 Å². The highest BCUT2D eigenvalue weighted by molar-refractivity contribution is 6.21. The lowest BCUT2D eigenvalue weighted by Crippen LogP contribution is -2.05. The van der Waals surface area contributed by atoms with Crippen molar-refractivity contribution in [3.05, 3.63) is 70.4 Å². The van der Waals surface area contributed by atoms with Gasteiger partial charge in [-0.15, -0.1) is 0 Å². The second-order valence-electron chi connectivity index (χ2n) is 7.58. The number of alkyl halides is 6. The third-order valence-corrected chi connectivity index (χ3v) is 5.78. The fourth-order valence-electron chi connectivity index (χ4n) is 4.37. The Kier molecular flexibility index (Phi) is 4.42. The summed E-state index contributed by atoms with van der Waals surface area (Å²) in [6.45, 7) is 0. The summed E-state index contributed by atoms with van der Waals surface area (Å²) in [7, 11) is 0. The second-order valence-corrected chi connectivity index (χ2v) is 7.58. The zero-order valence-corrected chi connectivity index (χ0v) is 16.7. The molecule has 5 aromatic rings. The van der Waals surface area contributed by atoms with Gasteiger partial charge in [-0.25, -0.2) is 0 Å². The van der Waals surface area contributed by atoms with Gasteiger partial charge in [-0.05, 0) is 57.9 Å². The van der Waals surface area contributed by atoms with Gasteiger partial charge in [-0.3, -0.25) is 0 Å². The molecule has 0 bridgehead atoms. The lowest BCUT2D eigenvalue weighted by atomic mass is 10.1. The van der Waals surface area contributed by atoms with Crippen molar-refractivity contribution in [2.75, 3.05) is 0 Å². The standard InChI is InChI=1S/C24H8F6N4/c25-23(26,27)11-1-3-13-15(5-11)17-7-20-18(8-19(17)21(13)33-9-31)16-6-12(24(28,29)30)2-4-14(16)22(20)34-10-32/h1-8H. The number of nitrogens with zero attached hydrogens (tertiary/aromatic N) is 4. The molecule has 0 amide bonds. The van der Waals surface area contributed by atoms with Crippen molar-refractivity contribution in [3.8, 4) is 12.4 Å². The largest absolute Gasteiger partial charge is 0.416 e. The molecule has 0 aliphatic rings. The fraction of sp³-hybridized carbons (Fsp3) is 0.0833. The quantitative estimate of drug-likeness (QED) is 0.208. The van der Waals surface area contributed by atoms with Crippen LogP contribution >= 0.6 is 0 Å². The summed E-state index contributed by atoms with van der Waals surface area (Å²) in [4.78, 5) is 7.54. The van der Waals surface area contributed by atoms with Crippen molar-refractivity contribution in [1.82, 2.24) is 0 Å². The Hall–Kier alpha value is -4.44. The molecule has 0 fully saturated rings. The molecular formula is C24H8F6N4. The van der Waals surface area contributed by atoms with Crippen LogP contribution in [0.15, 0.2) is 58.5 Å². The third-order valence-electron chi connectivity index (χ3n) is 5.78. The molecule has 0 N–H and O–H groups in total. The van der Waals surface area contributed by atoms with E-state index in [-0.39, 0.29) is 32.3 Å².